The predicted octanol–water partition coefficient (Wildman–Crippen LogP) is 2.86. The third-order valence-electron chi connectivity index (χ3n) is 12.4. The number of rotatable bonds is 9. The van der Waals surface area contributed by atoms with Gasteiger partial charge in [-0.25, -0.2) is 9.59 Å². The summed E-state index contributed by atoms with van der Waals surface area (Å²) in [5.74, 6) is -10.1. The van der Waals surface area contributed by atoms with Gasteiger partial charge in [-0.15, -0.1) is 0 Å². The Hall–Kier alpha value is -5.95. The highest BCUT2D eigenvalue weighted by atomic mass is 16.7. The maximum Gasteiger partial charge on any atom is 0.340 e. The average Bonchev–Trinajstić information content (AvgIpc) is 3.43. The summed E-state index contributed by atoms with van der Waals surface area (Å²) in [5.41, 5.74) is -10.1. The number of carbonyl (C=O) groups is 8. The van der Waals surface area contributed by atoms with Gasteiger partial charge in [0.15, 0.2) is 30.0 Å². The number of ether oxygens (including phenoxy) is 9. The first-order valence-electron chi connectivity index (χ1n) is 20.5. The molecule has 3 fully saturated rings. The first-order valence-corrected chi connectivity index (χ1v) is 20.5. The molecular formula is C44H51NO18. The van der Waals surface area contributed by atoms with E-state index in [2.05, 4.69) is 4.98 Å². The first kappa shape index (κ1) is 46.6. The highest BCUT2D eigenvalue weighted by Gasteiger charge is 2.92. The van der Waals surface area contributed by atoms with Crippen molar-refractivity contribution in [1.82, 2.24) is 4.98 Å². The summed E-state index contributed by atoms with van der Waals surface area (Å²) >= 11 is 0. The van der Waals surface area contributed by atoms with Crippen molar-refractivity contribution in [3.05, 3.63) is 65.5 Å². The van der Waals surface area contributed by atoms with Crippen molar-refractivity contribution in [3.63, 3.8) is 0 Å². The normalized spacial score (nSPS) is 34.6. The van der Waals surface area contributed by atoms with Crippen molar-refractivity contribution in [2.75, 3.05) is 13.2 Å². The SMILES string of the molecule is CC[C@H]1CCC(=O)O[C@H]2[C@H](OC(C)=O)[C@H](OC(=O)c3ccccc3)[C@@]3(COC(C)=O)[C@H](OC(C)=O)[C@H](OC(C)=O)[C@@H]4[C@@H](OC(C)=O)[C@]3(O[C@@]4(C)COC(=O)c3cccnc31)[C@@]2(C)O. The van der Waals surface area contributed by atoms with Crippen molar-refractivity contribution in [2.45, 2.75) is 134 Å². The number of fused-ring (bicyclic) bond motifs is 5. The number of carbonyl (C=O) groups excluding carboxylic acids is 8. The molecule has 63 heavy (non-hydrogen) atoms. The van der Waals surface area contributed by atoms with Crippen LogP contribution in [0, 0.1) is 11.3 Å². The van der Waals surface area contributed by atoms with E-state index in [-0.39, 0.29) is 24.0 Å². The zero-order valence-electron chi connectivity index (χ0n) is 36.1. The molecule has 6 rings (SSSR count). The van der Waals surface area contributed by atoms with E-state index in [1.54, 1.807) is 6.07 Å². The molecule has 1 aromatic carbocycles. The van der Waals surface area contributed by atoms with Crippen LogP contribution in [0.1, 0.15) is 107 Å². The van der Waals surface area contributed by atoms with Crippen LogP contribution in [-0.4, -0.2) is 124 Å². The van der Waals surface area contributed by atoms with E-state index in [4.69, 9.17) is 42.6 Å². The molecule has 4 aliphatic rings. The Morgan fingerprint density at radius 1 is 0.778 bits per heavy atom. The van der Waals surface area contributed by atoms with Gasteiger partial charge in [-0.1, -0.05) is 25.1 Å². The fraction of sp³-hybridized carbons (Fsp3) is 0.568. The molecule has 0 amide bonds. The fourth-order valence-electron chi connectivity index (χ4n) is 10.1. The maximum atomic E-state index is 14.4. The van der Waals surface area contributed by atoms with Crippen LogP contribution in [0.2, 0.25) is 0 Å². The number of esters is 8. The molecule has 2 aliphatic heterocycles. The molecule has 1 saturated heterocycles. The second kappa shape index (κ2) is 17.7. The van der Waals surface area contributed by atoms with Gasteiger partial charge in [0, 0.05) is 53.2 Å². The van der Waals surface area contributed by atoms with E-state index in [1.807, 2.05) is 6.92 Å². The Balaban J connectivity index is 1.78. The molecular weight excluding hydrogens is 830 g/mol. The van der Waals surface area contributed by atoms with E-state index in [0.29, 0.717) is 12.1 Å². The van der Waals surface area contributed by atoms with Gasteiger partial charge in [0.1, 0.15) is 42.0 Å². The van der Waals surface area contributed by atoms with Crippen LogP contribution >= 0.6 is 0 Å². The number of nitrogens with zero attached hydrogens (tertiary/aromatic N) is 1. The minimum atomic E-state index is -2.84. The van der Waals surface area contributed by atoms with Crippen molar-refractivity contribution in [3.8, 4) is 0 Å². The summed E-state index contributed by atoms with van der Waals surface area (Å²) in [4.78, 5) is 114. The van der Waals surface area contributed by atoms with Crippen LogP contribution in [0.5, 0.6) is 0 Å². The molecule has 19 nitrogen and oxygen atoms in total. The summed E-state index contributed by atoms with van der Waals surface area (Å²) in [5, 5.41) is 13.6. The van der Waals surface area contributed by atoms with Gasteiger partial charge in [0.25, 0.3) is 0 Å². The van der Waals surface area contributed by atoms with Gasteiger partial charge in [0.05, 0.1) is 22.7 Å². The van der Waals surface area contributed by atoms with Crippen LogP contribution in [0.3, 0.4) is 0 Å². The zero-order valence-corrected chi connectivity index (χ0v) is 36.1. The zero-order chi connectivity index (χ0) is 46.2. The summed E-state index contributed by atoms with van der Waals surface area (Å²) < 4.78 is 55.5. The van der Waals surface area contributed by atoms with E-state index in [9.17, 15) is 43.5 Å². The molecule has 4 bridgehead atoms. The molecule has 1 N–H and O–H groups in total. The largest absolute Gasteiger partial charge is 0.465 e. The smallest absolute Gasteiger partial charge is 0.340 e. The number of pyridine rings is 1. The van der Waals surface area contributed by atoms with Crippen LogP contribution in [-0.2, 0) is 71.4 Å². The van der Waals surface area contributed by atoms with E-state index >= 15 is 0 Å². The Morgan fingerprint density at radius 2 is 1.38 bits per heavy atom. The third kappa shape index (κ3) is 8.11. The van der Waals surface area contributed by atoms with Crippen molar-refractivity contribution < 1.29 is 86.1 Å². The topological polar surface area (TPSA) is 253 Å². The summed E-state index contributed by atoms with van der Waals surface area (Å²) in [6, 6.07) is 10.4. The molecule has 340 valence electrons. The first-order chi connectivity index (χ1) is 29.6. The maximum absolute atomic E-state index is 14.4. The summed E-state index contributed by atoms with van der Waals surface area (Å²) in [7, 11) is 0. The van der Waals surface area contributed by atoms with Crippen LogP contribution in [0.25, 0.3) is 0 Å². The number of aliphatic hydroxyl groups is 1. The van der Waals surface area contributed by atoms with Crippen LogP contribution in [0.4, 0.5) is 0 Å². The number of hydrogen-bond acceptors (Lipinski definition) is 19. The van der Waals surface area contributed by atoms with Crippen molar-refractivity contribution in [2.24, 2.45) is 11.3 Å². The van der Waals surface area contributed by atoms with Crippen molar-refractivity contribution >= 4 is 47.8 Å². The number of aromatic nitrogens is 1. The highest BCUT2D eigenvalue weighted by Crippen LogP contribution is 2.70. The Kier molecular flexibility index (Phi) is 13.1. The Bertz CT molecular complexity index is 2160. The molecule has 19 heteroatoms. The predicted molar refractivity (Wildman–Crippen MR) is 210 cm³/mol. The quantitative estimate of drug-likeness (QED) is 0.281. The molecule has 0 radical (unpaired) electrons. The average molecular weight is 882 g/mol. The second-order valence-electron chi connectivity index (χ2n) is 16.6. The second-order valence-corrected chi connectivity index (χ2v) is 16.6. The standard InChI is InChI=1S/C44H51NO18/c1-9-27-17-18-30(51)61-36-34(58-24(4)48)38(62-39(52)28-14-11-10-12-15-28)43(21-55-22(2)46)37(60-26(6)50)33(57-23(3)47)31-35(59-25(5)49)44(43,42(36,8)54)63-41(31,7)20-56-40(53)29-16-13-19-45-32(27)29/h10-16,19,27,31,33-38,54H,9,17-18,20-21H2,1-8H3/t27-,31+,33+,34-,35+,36-,37+,38-,41-,42-,43+,44-/m0/s1. The molecule has 1 aromatic heterocycles. The molecule has 3 heterocycles. The van der Waals surface area contributed by atoms with Crippen LogP contribution in [0.15, 0.2) is 48.7 Å². The number of benzene rings is 1. The highest BCUT2D eigenvalue weighted by molar-refractivity contribution is 5.91. The lowest BCUT2D eigenvalue weighted by Crippen LogP contribution is -2.89. The van der Waals surface area contributed by atoms with Gasteiger partial charge < -0.3 is 47.7 Å². The number of cyclic esters (lactones) is 1. The molecule has 1 spiro atoms. The molecule has 2 saturated carbocycles. The van der Waals surface area contributed by atoms with Gasteiger partial charge in [-0.2, -0.15) is 0 Å². The number of hydrogen-bond donors (Lipinski definition) is 1. The third-order valence-corrected chi connectivity index (χ3v) is 12.4. The molecule has 12 atom stereocenters. The lowest BCUT2D eigenvalue weighted by Gasteiger charge is -2.67. The van der Waals surface area contributed by atoms with Crippen LogP contribution < -0.4 is 0 Å². The van der Waals surface area contributed by atoms with E-state index in [1.165, 1.54) is 49.5 Å². The lowest BCUT2D eigenvalue weighted by molar-refractivity contribution is -0.385. The Morgan fingerprint density at radius 3 is 1.98 bits per heavy atom. The monoisotopic (exact) mass is 881 g/mol. The summed E-state index contributed by atoms with van der Waals surface area (Å²) in [6.07, 6.45) is -10.6. The molecule has 2 aromatic rings. The molecule has 0 unspecified atom stereocenters. The van der Waals surface area contributed by atoms with Gasteiger partial charge in [0.2, 0.25) is 0 Å². The summed E-state index contributed by atoms with van der Waals surface area (Å²) in [6.45, 7) is 7.52. The van der Waals surface area contributed by atoms with Gasteiger partial charge in [-0.05, 0) is 51.0 Å². The van der Waals surface area contributed by atoms with E-state index < -0.39 is 132 Å². The Labute approximate surface area is 362 Å². The fourth-order valence-corrected chi connectivity index (χ4v) is 10.1. The minimum absolute atomic E-state index is 0.0407. The molecule has 2 aliphatic carbocycles. The lowest BCUT2D eigenvalue weighted by atomic mass is 9.45. The minimum Gasteiger partial charge on any atom is -0.465 e. The van der Waals surface area contributed by atoms with Crippen molar-refractivity contribution in [1.29, 1.82) is 0 Å². The van der Waals surface area contributed by atoms with E-state index in [0.717, 1.165) is 41.5 Å². The van der Waals surface area contributed by atoms with Gasteiger partial charge in [-0.3, -0.25) is 33.8 Å². The van der Waals surface area contributed by atoms with Gasteiger partial charge >= 0.3 is 47.8 Å².